The first-order valence-corrected chi connectivity index (χ1v) is 9.43. The third-order valence-corrected chi connectivity index (χ3v) is 5.59. The minimum absolute atomic E-state index is 0.112. The second kappa shape index (κ2) is 8.21. The number of piperazine rings is 1. The molecule has 5 heteroatoms. The summed E-state index contributed by atoms with van der Waals surface area (Å²) in [6.07, 6.45) is 0. The summed E-state index contributed by atoms with van der Waals surface area (Å²) >= 11 is 0. The topological polar surface area (TPSA) is 66.8 Å². The van der Waals surface area contributed by atoms with Crippen LogP contribution in [0.2, 0.25) is 0 Å². The highest BCUT2D eigenvalue weighted by molar-refractivity contribution is 5.85. The highest BCUT2D eigenvalue weighted by Gasteiger charge is 2.44. The molecule has 1 aliphatic rings. The number of carboxylic acid groups (broad SMARTS) is 1. The van der Waals surface area contributed by atoms with Gasteiger partial charge in [0.25, 0.3) is 0 Å². The van der Waals surface area contributed by atoms with Crippen molar-refractivity contribution in [3.05, 3.63) is 70.8 Å². The van der Waals surface area contributed by atoms with Gasteiger partial charge < -0.3 is 15.0 Å². The summed E-state index contributed by atoms with van der Waals surface area (Å²) in [4.78, 5) is 17.0. The van der Waals surface area contributed by atoms with Gasteiger partial charge >= 0.3 is 0 Å². The Morgan fingerprint density at radius 3 is 2.11 bits per heavy atom. The number of aliphatic hydroxyl groups is 1. The number of aliphatic carboxylic acids is 1. The first-order chi connectivity index (χ1) is 13.0. The van der Waals surface area contributed by atoms with E-state index in [4.69, 9.17) is 0 Å². The summed E-state index contributed by atoms with van der Waals surface area (Å²) in [5.74, 6) is -1.10. The Balaban J connectivity index is 2.16. The van der Waals surface area contributed by atoms with Gasteiger partial charge in [-0.2, -0.15) is 0 Å². The van der Waals surface area contributed by atoms with Gasteiger partial charge in [-0.1, -0.05) is 48.5 Å². The Morgan fingerprint density at radius 2 is 1.59 bits per heavy atom. The lowest BCUT2D eigenvalue weighted by Crippen LogP contribution is -2.63. The third kappa shape index (κ3) is 3.50. The van der Waals surface area contributed by atoms with Gasteiger partial charge in [0.1, 0.15) is 5.54 Å². The molecule has 3 rings (SSSR count). The van der Waals surface area contributed by atoms with Crippen LogP contribution in [0.25, 0.3) is 0 Å². The van der Waals surface area contributed by atoms with Gasteiger partial charge in [0.05, 0.1) is 12.6 Å². The van der Waals surface area contributed by atoms with Gasteiger partial charge in [-0.05, 0) is 36.1 Å². The predicted molar refractivity (Wildman–Crippen MR) is 103 cm³/mol. The maximum absolute atomic E-state index is 12.8. The molecule has 27 heavy (non-hydrogen) atoms. The first kappa shape index (κ1) is 19.5. The molecule has 0 amide bonds. The van der Waals surface area contributed by atoms with E-state index in [9.17, 15) is 15.0 Å². The number of hydrogen-bond donors (Lipinski definition) is 1. The van der Waals surface area contributed by atoms with Crippen LogP contribution in [0.4, 0.5) is 0 Å². The van der Waals surface area contributed by atoms with Gasteiger partial charge in [-0.15, -0.1) is 0 Å². The Labute approximate surface area is 160 Å². The molecular weight excluding hydrogens is 340 g/mol. The fourth-order valence-electron chi connectivity index (χ4n) is 4.35. The molecule has 1 fully saturated rings. The van der Waals surface area contributed by atoms with E-state index in [0.717, 1.165) is 22.3 Å². The summed E-state index contributed by atoms with van der Waals surface area (Å²) in [5, 5.41) is 22.0. The molecule has 0 bridgehead atoms. The van der Waals surface area contributed by atoms with E-state index in [1.54, 1.807) is 0 Å². The van der Waals surface area contributed by atoms with Crippen molar-refractivity contribution < 1.29 is 15.0 Å². The number of benzene rings is 2. The lowest BCUT2D eigenvalue weighted by atomic mass is 9.76. The molecule has 0 aliphatic carbocycles. The molecule has 0 spiro atoms. The van der Waals surface area contributed by atoms with Crippen LogP contribution in [0, 0.1) is 13.8 Å². The monoisotopic (exact) mass is 367 g/mol. The third-order valence-electron chi connectivity index (χ3n) is 5.59. The number of aryl methyl sites for hydroxylation is 2. The van der Waals surface area contributed by atoms with Crippen LogP contribution < -0.4 is 5.11 Å². The Kier molecular flexibility index (Phi) is 5.95. The summed E-state index contributed by atoms with van der Waals surface area (Å²) in [7, 11) is 0. The van der Waals surface area contributed by atoms with Gasteiger partial charge in [-0.25, -0.2) is 0 Å². The molecule has 0 radical (unpaired) electrons. The molecule has 0 saturated carbocycles. The largest absolute Gasteiger partial charge is 0.547 e. The lowest BCUT2D eigenvalue weighted by Gasteiger charge is -2.50. The summed E-state index contributed by atoms with van der Waals surface area (Å²) in [6.45, 7) is 7.27. The highest BCUT2D eigenvalue weighted by Crippen LogP contribution is 2.40. The molecule has 5 nitrogen and oxygen atoms in total. The lowest BCUT2D eigenvalue weighted by molar-refractivity contribution is -0.318. The molecule has 1 heterocycles. The summed E-state index contributed by atoms with van der Waals surface area (Å²) in [6, 6.07) is 15.3. The van der Waals surface area contributed by atoms with E-state index in [0.29, 0.717) is 32.7 Å². The quantitative estimate of drug-likeness (QED) is 0.822. The van der Waals surface area contributed by atoms with Crippen LogP contribution in [0.15, 0.2) is 48.5 Å². The molecule has 1 saturated heterocycles. The highest BCUT2D eigenvalue weighted by atomic mass is 16.4. The number of hydrogen-bond acceptors (Lipinski definition) is 5. The number of rotatable bonds is 6. The smallest absolute Gasteiger partial charge is 0.112 e. The Hall–Kier alpha value is -2.21. The van der Waals surface area contributed by atoms with Crippen LogP contribution >= 0.6 is 0 Å². The number of nitrogens with zero attached hydrogens (tertiary/aromatic N) is 2. The number of carboxylic acids is 1. The molecular formula is C22H27N2O3-. The van der Waals surface area contributed by atoms with Crippen LogP contribution in [-0.2, 0) is 10.3 Å². The van der Waals surface area contributed by atoms with Crippen LogP contribution in [0.1, 0.15) is 22.3 Å². The van der Waals surface area contributed by atoms with E-state index < -0.39 is 11.5 Å². The summed E-state index contributed by atoms with van der Waals surface area (Å²) in [5.41, 5.74) is 2.08. The SMILES string of the molecule is Cc1cccc(C)c1C(C(=O)[O-])(c1ccccc1)N1CCN(CCO)CC1. The Bertz CT molecular complexity index is 765. The van der Waals surface area contributed by atoms with Crippen molar-refractivity contribution in [3.8, 4) is 0 Å². The van der Waals surface area contributed by atoms with Gasteiger partial charge in [0.2, 0.25) is 0 Å². The van der Waals surface area contributed by atoms with Crippen molar-refractivity contribution in [3.63, 3.8) is 0 Å². The van der Waals surface area contributed by atoms with E-state index in [-0.39, 0.29) is 6.61 Å². The van der Waals surface area contributed by atoms with Crippen LogP contribution in [0.3, 0.4) is 0 Å². The minimum Gasteiger partial charge on any atom is -0.547 e. The van der Waals surface area contributed by atoms with Crippen molar-refractivity contribution in [2.75, 3.05) is 39.3 Å². The second-order valence-corrected chi connectivity index (χ2v) is 7.18. The fourth-order valence-corrected chi connectivity index (χ4v) is 4.35. The van der Waals surface area contributed by atoms with Gasteiger partial charge in [-0.3, -0.25) is 9.80 Å². The van der Waals surface area contributed by atoms with Crippen LogP contribution in [-0.4, -0.2) is 60.2 Å². The standard InChI is InChI=1S/C22H28N2O3/c1-17-7-6-8-18(2)20(17)22(21(26)27,19-9-4-3-5-10-19)24-13-11-23(12-14-24)15-16-25/h3-10,25H,11-16H2,1-2H3,(H,26,27)/p-1. The van der Waals surface area contributed by atoms with E-state index in [2.05, 4.69) is 4.90 Å². The molecule has 2 aromatic rings. The predicted octanol–water partition coefficient (Wildman–Crippen LogP) is 0.907. The molecule has 2 aromatic carbocycles. The van der Waals surface area contributed by atoms with E-state index in [1.165, 1.54) is 0 Å². The minimum atomic E-state index is -1.33. The maximum atomic E-state index is 12.8. The van der Waals surface area contributed by atoms with Crippen molar-refractivity contribution in [2.24, 2.45) is 0 Å². The first-order valence-electron chi connectivity index (χ1n) is 9.43. The van der Waals surface area contributed by atoms with Crippen molar-refractivity contribution >= 4 is 5.97 Å². The van der Waals surface area contributed by atoms with E-state index in [1.807, 2.05) is 67.3 Å². The number of β-amino-alcohol motifs (C(OH)–C–C–N with tert-alkyl or cyclic N) is 1. The molecule has 1 unspecified atom stereocenters. The normalized spacial score (nSPS) is 18.2. The van der Waals surface area contributed by atoms with E-state index >= 15 is 0 Å². The summed E-state index contributed by atoms with van der Waals surface area (Å²) < 4.78 is 0. The van der Waals surface area contributed by atoms with Crippen molar-refractivity contribution in [1.82, 2.24) is 9.80 Å². The molecule has 0 aromatic heterocycles. The van der Waals surface area contributed by atoms with Gasteiger partial charge in [0.15, 0.2) is 0 Å². The Morgan fingerprint density at radius 1 is 1.00 bits per heavy atom. The molecule has 1 N–H and O–H groups in total. The number of aliphatic hydroxyl groups excluding tert-OH is 1. The van der Waals surface area contributed by atoms with Gasteiger partial charge in [0, 0.05) is 32.7 Å². The number of carbonyl (C=O) groups excluding carboxylic acids is 1. The molecule has 1 aliphatic heterocycles. The number of carbonyl (C=O) groups is 1. The van der Waals surface area contributed by atoms with Crippen molar-refractivity contribution in [1.29, 1.82) is 0 Å². The average molecular weight is 367 g/mol. The van der Waals surface area contributed by atoms with Crippen LogP contribution in [0.5, 0.6) is 0 Å². The van der Waals surface area contributed by atoms with Crippen molar-refractivity contribution in [2.45, 2.75) is 19.4 Å². The molecule has 1 atom stereocenters. The second-order valence-electron chi connectivity index (χ2n) is 7.18. The molecule has 144 valence electrons. The zero-order valence-corrected chi connectivity index (χ0v) is 16.0. The zero-order valence-electron chi connectivity index (χ0n) is 16.0. The zero-order chi connectivity index (χ0) is 19.4. The maximum Gasteiger partial charge on any atom is 0.112 e. The average Bonchev–Trinajstić information content (AvgIpc) is 2.66. The fraction of sp³-hybridized carbons (Fsp3) is 0.409.